The molecule has 2 rings (SSSR count). The third-order valence-corrected chi connectivity index (χ3v) is 3.88. The van der Waals surface area contributed by atoms with Gasteiger partial charge in [-0.2, -0.15) is 5.26 Å². The zero-order valence-corrected chi connectivity index (χ0v) is 15.0. The standard InChI is InChI=1S/C19H22N4O2/c1-5-25-19(24)17(13(4)21)10-22-15-6-7-18-16(8-15)14(9-20)11-23(18)12(2)3/h6-8,10-12,21-22H,5H2,1-4H3/p+1/b17-10+,21-13?. The maximum atomic E-state index is 11.9. The fourth-order valence-corrected chi connectivity index (χ4v) is 2.63. The number of ether oxygens (including phenoxy) is 1. The summed E-state index contributed by atoms with van der Waals surface area (Å²) in [4.78, 5) is 11.9. The fraction of sp³-hybridized carbons (Fsp3) is 0.316. The van der Waals surface area contributed by atoms with E-state index < -0.39 is 5.97 Å². The summed E-state index contributed by atoms with van der Waals surface area (Å²) in [6.07, 6.45) is 3.45. The van der Waals surface area contributed by atoms with Gasteiger partial charge in [-0.15, -0.1) is 0 Å². The number of nitrogens with one attached hydrogen (secondary N) is 1. The number of carbonyl (C=O) groups is 1. The fourth-order valence-electron chi connectivity index (χ4n) is 2.63. The van der Waals surface area contributed by atoms with Crippen molar-refractivity contribution in [2.45, 2.75) is 33.7 Å². The van der Waals surface area contributed by atoms with E-state index in [0.29, 0.717) is 5.56 Å². The Balaban J connectivity index is 2.39. The number of aromatic nitrogens is 1. The van der Waals surface area contributed by atoms with Crippen LogP contribution in [0.4, 0.5) is 5.69 Å². The number of rotatable bonds is 6. The summed E-state index contributed by atoms with van der Waals surface area (Å²) < 4.78 is 7.04. The molecule has 0 aliphatic carbocycles. The lowest BCUT2D eigenvalue weighted by Gasteiger charge is -2.08. The van der Waals surface area contributed by atoms with Crippen molar-refractivity contribution in [2.24, 2.45) is 0 Å². The first kappa shape index (κ1) is 18.4. The minimum atomic E-state index is -0.504. The van der Waals surface area contributed by atoms with E-state index >= 15 is 0 Å². The lowest BCUT2D eigenvalue weighted by atomic mass is 10.1. The molecule has 6 nitrogen and oxygen atoms in total. The second-order valence-electron chi connectivity index (χ2n) is 6.02. The van der Waals surface area contributed by atoms with E-state index in [4.69, 9.17) is 10.1 Å². The Morgan fingerprint density at radius 3 is 2.76 bits per heavy atom. The van der Waals surface area contributed by atoms with Gasteiger partial charge >= 0.3 is 5.97 Å². The molecule has 1 heterocycles. The number of fused-ring (bicyclic) bond motifs is 1. The van der Waals surface area contributed by atoms with Crippen molar-refractivity contribution in [3.63, 3.8) is 0 Å². The van der Waals surface area contributed by atoms with Crippen molar-refractivity contribution in [3.8, 4) is 6.07 Å². The number of hydrogen-bond acceptors (Lipinski definition) is 4. The largest absolute Gasteiger partial charge is 0.462 e. The summed E-state index contributed by atoms with van der Waals surface area (Å²) in [6.45, 7) is 7.69. The average Bonchev–Trinajstić information content (AvgIpc) is 2.93. The lowest BCUT2D eigenvalue weighted by Crippen LogP contribution is -2.71. The first-order valence-corrected chi connectivity index (χ1v) is 8.21. The first-order valence-electron chi connectivity index (χ1n) is 8.21. The molecule has 0 amide bonds. The van der Waals surface area contributed by atoms with Gasteiger partial charge in [0.25, 0.3) is 0 Å². The van der Waals surface area contributed by atoms with Crippen molar-refractivity contribution in [2.75, 3.05) is 6.61 Å². The highest BCUT2D eigenvalue weighted by Gasteiger charge is 2.16. The Morgan fingerprint density at radius 1 is 1.48 bits per heavy atom. The molecule has 6 heteroatoms. The Hall–Kier alpha value is -2.91. The Morgan fingerprint density at radius 2 is 2.20 bits per heavy atom. The van der Waals surface area contributed by atoms with E-state index in [2.05, 4.69) is 24.5 Å². The number of benzene rings is 1. The highest BCUT2D eigenvalue weighted by Crippen LogP contribution is 2.25. The molecule has 0 radical (unpaired) electrons. The van der Waals surface area contributed by atoms with Crippen LogP contribution in [0.15, 0.2) is 36.2 Å². The summed E-state index contributed by atoms with van der Waals surface area (Å²) in [5, 5.41) is 19.7. The Bertz CT molecular complexity index is 885. The van der Waals surface area contributed by atoms with Crippen LogP contribution >= 0.6 is 0 Å². The van der Waals surface area contributed by atoms with Gasteiger partial charge in [-0.05, 0) is 33.8 Å². The van der Waals surface area contributed by atoms with E-state index in [1.807, 2.05) is 24.4 Å². The van der Waals surface area contributed by atoms with Gasteiger partial charge in [0.15, 0.2) is 0 Å². The molecule has 1 aromatic carbocycles. The molecule has 25 heavy (non-hydrogen) atoms. The van der Waals surface area contributed by atoms with E-state index in [9.17, 15) is 10.1 Å². The molecule has 0 aliphatic rings. The molecular formula is C19H23N4O2+. The first-order chi connectivity index (χ1) is 11.9. The van der Waals surface area contributed by atoms with Crippen LogP contribution in [0, 0.1) is 16.7 Å². The van der Waals surface area contributed by atoms with E-state index in [0.717, 1.165) is 16.6 Å². The van der Waals surface area contributed by atoms with Crippen LogP contribution in [0.3, 0.4) is 0 Å². The van der Waals surface area contributed by atoms with Crippen molar-refractivity contribution in [1.82, 2.24) is 4.57 Å². The van der Waals surface area contributed by atoms with Gasteiger partial charge < -0.3 is 14.7 Å². The molecule has 2 aromatic rings. The van der Waals surface area contributed by atoms with Crippen molar-refractivity contribution < 1.29 is 14.8 Å². The molecule has 0 spiro atoms. The zero-order valence-electron chi connectivity index (χ0n) is 15.0. The monoisotopic (exact) mass is 339 g/mol. The molecule has 1 aromatic heterocycles. The van der Waals surface area contributed by atoms with Crippen LogP contribution in [0.2, 0.25) is 0 Å². The van der Waals surface area contributed by atoms with Crippen LogP contribution in [0.5, 0.6) is 0 Å². The molecule has 130 valence electrons. The van der Waals surface area contributed by atoms with Gasteiger partial charge in [0, 0.05) is 35.5 Å². The van der Waals surface area contributed by atoms with Crippen LogP contribution in [0.1, 0.15) is 39.3 Å². The topological polar surface area (TPSA) is 95.5 Å². The summed E-state index contributed by atoms with van der Waals surface area (Å²) in [7, 11) is 0. The second-order valence-corrected chi connectivity index (χ2v) is 6.02. The number of nitriles is 1. The number of hydrogen-bond donors (Lipinski definition) is 2. The number of nitrogens with zero attached hydrogens (tertiary/aromatic N) is 2. The quantitative estimate of drug-likeness (QED) is 0.366. The second kappa shape index (κ2) is 7.77. The maximum Gasteiger partial charge on any atom is 0.345 e. The maximum absolute atomic E-state index is 11.9. The molecule has 3 N–H and O–H groups in total. The molecule has 0 bridgehead atoms. The molecule has 0 saturated heterocycles. The number of nitrogens with two attached hydrogens (primary N) is 1. The average molecular weight is 339 g/mol. The lowest BCUT2D eigenvalue weighted by molar-refractivity contribution is -0.496. The van der Waals surface area contributed by atoms with Crippen LogP contribution in [-0.4, -0.2) is 22.9 Å². The molecule has 0 unspecified atom stereocenters. The van der Waals surface area contributed by atoms with E-state index in [1.54, 1.807) is 25.4 Å². The molecule has 0 aliphatic heterocycles. The summed E-state index contributed by atoms with van der Waals surface area (Å²) in [6, 6.07) is 8.31. The van der Waals surface area contributed by atoms with Crippen LogP contribution in [0.25, 0.3) is 10.9 Å². The number of esters is 1. The predicted molar refractivity (Wildman–Crippen MR) is 96.7 cm³/mol. The number of carbonyl (C=O) groups excluding carboxylic acids is 1. The third kappa shape index (κ3) is 3.95. The number of quaternary nitrogens is 1. The van der Waals surface area contributed by atoms with Crippen LogP contribution < -0.4 is 5.32 Å². The van der Waals surface area contributed by atoms with Gasteiger partial charge in [-0.1, -0.05) is 0 Å². The van der Waals surface area contributed by atoms with Crippen molar-refractivity contribution >= 4 is 28.3 Å². The SMILES string of the molecule is CCOC(=O)/C(=C/[NH2+]c1ccc2c(c1)c(C#N)cn2C(C)C)C(C)=N. The van der Waals surface area contributed by atoms with Gasteiger partial charge in [0.2, 0.25) is 0 Å². The van der Waals surface area contributed by atoms with E-state index in [1.165, 1.54) is 0 Å². The van der Waals surface area contributed by atoms with Crippen LogP contribution in [-0.2, 0) is 9.53 Å². The summed E-state index contributed by atoms with van der Waals surface area (Å²) in [5.41, 5.74) is 2.86. The highest BCUT2D eigenvalue weighted by molar-refractivity contribution is 6.17. The van der Waals surface area contributed by atoms with Gasteiger partial charge in [0.1, 0.15) is 23.5 Å². The molecule has 0 saturated carbocycles. The minimum Gasteiger partial charge on any atom is -0.462 e. The summed E-state index contributed by atoms with van der Waals surface area (Å²) >= 11 is 0. The third-order valence-electron chi connectivity index (χ3n) is 3.88. The predicted octanol–water partition coefficient (Wildman–Crippen LogP) is 2.78. The van der Waals surface area contributed by atoms with E-state index in [-0.39, 0.29) is 23.9 Å². The van der Waals surface area contributed by atoms with Crippen molar-refractivity contribution in [1.29, 1.82) is 10.7 Å². The Kier molecular flexibility index (Phi) is 5.73. The smallest absolute Gasteiger partial charge is 0.345 e. The highest BCUT2D eigenvalue weighted by atomic mass is 16.5. The van der Waals surface area contributed by atoms with Gasteiger partial charge in [-0.25, -0.2) is 4.79 Å². The van der Waals surface area contributed by atoms with Gasteiger partial charge in [-0.3, -0.25) is 5.32 Å². The molecule has 0 atom stereocenters. The Labute approximate surface area is 147 Å². The summed E-state index contributed by atoms with van der Waals surface area (Å²) in [5.74, 6) is -0.504. The molecule has 0 fully saturated rings. The van der Waals surface area contributed by atoms with Crippen molar-refractivity contribution in [3.05, 3.63) is 41.7 Å². The zero-order chi connectivity index (χ0) is 18.6. The van der Waals surface area contributed by atoms with Gasteiger partial charge in [0.05, 0.1) is 17.7 Å². The normalized spacial score (nSPS) is 11.6. The minimum absolute atomic E-state index is 0.152. The molecular weight excluding hydrogens is 316 g/mol.